The molecule has 4 heteroatoms. The Hall–Kier alpha value is -1.32. The number of carbonyl (C=O) groups is 2. The highest BCUT2D eigenvalue weighted by atomic mass is 16.5. The summed E-state index contributed by atoms with van der Waals surface area (Å²) in [5.74, 6) is -0.417. The zero-order valence-electron chi connectivity index (χ0n) is 8.45. The largest absolute Gasteiger partial charge is 0.456 e. The monoisotopic (exact) mass is 197 g/mol. The molecule has 78 valence electrons. The third kappa shape index (κ3) is 3.20. The molecule has 0 unspecified atom stereocenters. The van der Waals surface area contributed by atoms with Crippen LogP contribution in [0.25, 0.3) is 0 Å². The van der Waals surface area contributed by atoms with Crippen molar-refractivity contribution < 1.29 is 14.3 Å². The van der Waals surface area contributed by atoms with Gasteiger partial charge in [-0.15, -0.1) is 0 Å². The highest BCUT2D eigenvalue weighted by molar-refractivity contribution is 5.73. The van der Waals surface area contributed by atoms with E-state index in [-0.39, 0.29) is 24.0 Å². The maximum Gasteiger partial charge on any atom is 0.303 e. The van der Waals surface area contributed by atoms with Crippen molar-refractivity contribution in [3.05, 3.63) is 12.2 Å². The van der Waals surface area contributed by atoms with E-state index in [1.165, 1.54) is 13.8 Å². The van der Waals surface area contributed by atoms with Gasteiger partial charge in [0.1, 0.15) is 6.10 Å². The molecule has 1 amide bonds. The molecule has 0 fully saturated rings. The lowest BCUT2D eigenvalue weighted by Gasteiger charge is -2.27. The first-order valence-electron chi connectivity index (χ1n) is 4.70. The summed E-state index contributed by atoms with van der Waals surface area (Å²) in [7, 11) is 0. The van der Waals surface area contributed by atoms with Crippen molar-refractivity contribution in [3.63, 3.8) is 0 Å². The molecule has 0 radical (unpaired) electrons. The molecule has 0 aromatic carbocycles. The molecule has 0 saturated heterocycles. The molecule has 14 heavy (non-hydrogen) atoms. The Morgan fingerprint density at radius 3 is 2.71 bits per heavy atom. The Balaban J connectivity index is 2.57. The van der Waals surface area contributed by atoms with Gasteiger partial charge in [0.15, 0.2) is 0 Å². The van der Waals surface area contributed by atoms with E-state index in [1.54, 1.807) is 0 Å². The molecule has 1 aliphatic rings. The van der Waals surface area contributed by atoms with Crippen LogP contribution in [0.5, 0.6) is 0 Å². The molecule has 1 aliphatic carbocycles. The first-order valence-corrected chi connectivity index (χ1v) is 4.70. The average Bonchev–Trinajstić information content (AvgIpc) is 2.06. The van der Waals surface area contributed by atoms with Crippen LogP contribution < -0.4 is 5.32 Å². The van der Waals surface area contributed by atoms with E-state index in [0.717, 1.165) is 12.8 Å². The lowest BCUT2D eigenvalue weighted by atomic mass is 9.99. The van der Waals surface area contributed by atoms with E-state index in [1.807, 2.05) is 12.2 Å². The molecule has 4 nitrogen and oxygen atoms in total. The Bertz CT molecular complexity index is 260. The summed E-state index contributed by atoms with van der Waals surface area (Å²) in [4.78, 5) is 21.6. The van der Waals surface area contributed by atoms with Crippen LogP contribution in [0.1, 0.15) is 26.7 Å². The van der Waals surface area contributed by atoms with Gasteiger partial charge in [0.05, 0.1) is 6.04 Å². The zero-order chi connectivity index (χ0) is 10.6. The molecule has 0 aliphatic heterocycles. The van der Waals surface area contributed by atoms with Crippen LogP contribution >= 0.6 is 0 Å². The van der Waals surface area contributed by atoms with Crippen molar-refractivity contribution in [1.82, 2.24) is 5.32 Å². The van der Waals surface area contributed by atoms with Crippen LogP contribution in [0, 0.1) is 0 Å². The predicted octanol–water partition coefficient (Wildman–Crippen LogP) is 0.773. The number of hydrogen-bond donors (Lipinski definition) is 1. The molecule has 0 heterocycles. The minimum absolute atomic E-state index is 0.0820. The van der Waals surface area contributed by atoms with Gasteiger partial charge in [0.25, 0.3) is 0 Å². The number of hydrogen-bond acceptors (Lipinski definition) is 3. The summed E-state index contributed by atoms with van der Waals surface area (Å²) in [5, 5.41) is 2.77. The number of amides is 1. The van der Waals surface area contributed by atoms with Crippen LogP contribution in [-0.2, 0) is 14.3 Å². The van der Waals surface area contributed by atoms with Crippen LogP contribution in [0.3, 0.4) is 0 Å². The van der Waals surface area contributed by atoms with Gasteiger partial charge < -0.3 is 10.1 Å². The fourth-order valence-corrected chi connectivity index (χ4v) is 1.53. The molecule has 0 bridgehead atoms. The maximum atomic E-state index is 10.9. The molecule has 0 spiro atoms. The molecular formula is C10H15NO3. The van der Waals surface area contributed by atoms with Crippen LogP contribution in [0.4, 0.5) is 0 Å². The van der Waals surface area contributed by atoms with Gasteiger partial charge in [0.2, 0.25) is 5.91 Å². The van der Waals surface area contributed by atoms with E-state index >= 15 is 0 Å². The van der Waals surface area contributed by atoms with Crippen molar-refractivity contribution >= 4 is 11.9 Å². The normalized spacial score (nSPS) is 25.6. The SMILES string of the molecule is CC(=O)N[C@@H]1CCC=C[C@@H]1OC(C)=O. The maximum absolute atomic E-state index is 10.9. The minimum Gasteiger partial charge on any atom is -0.456 e. The van der Waals surface area contributed by atoms with E-state index in [2.05, 4.69) is 5.32 Å². The van der Waals surface area contributed by atoms with Crippen molar-refractivity contribution in [2.24, 2.45) is 0 Å². The summed E-state index contributed by atoms with van der Waals surface area (Å²) >= 11 is 0. The number of ether oxygens (including phenoxy) is 1. The molecule has 0 saturated carbocycles. The van der Waals surface area contributed by atoms with Gasteiger partial charge in [0, 0.05) is 13.8 Å². The first-order chi connectivity index (χ1) is 6.59. The van der Waals surface area contributed by atoms with Gasteiger partial charge in [-0.3, -0.25) is 9.59 Å². The Morgan fingerprint density at radius 2 is 2.14 bits per heavy atom. The summed E-state index contributed by atoms with van der Waals surface area (Å²) < 4.78 is 5.06. The van der Waals surface area contributed by atoms with Crippen molar-refractivity contribution in [1.29, 1.82) is 0 Å². The van der Waals surface area contributed by atoms with Gasteiger partial charge >= 0.3 is 5.97 Å². The van der Waals surface area contributed by atoms with E-state index in [9.17, 15) is 9.59 Å². The van der Waals surface area contributed by atoms with Crippen molar-refractivity contribution in [2.45, 2.75) is 38.8 Å². The standard InChI is InChI=1S/C10H15NO3/c1-7(12)11-9-5-3-4-6-10(9)14-8(2)13/h4,6,9-10H,3,5H2,1-2H3,(H,11,12)/t9-,10+/m1/s1. The third-order valence-electron chi connectivity index (χ3n) is 2.06. The Labute approximate surface area is 83.3 Å². The topological polar surface area (TPSA) is 55.4 Å². The highest BCUT2D eigenvalue weighted by Crippen LogP contribution is 2.15. The number of rotatable bonds is 2. The summed E-state index contributed by atoms with van der Waals surface area (Å²) in [5.41, 5.74) is 0. The molecule has 1 N–H and O–H groups in total. The second-order valence-electron chi connectivity index (χ2n) is 3.39. The summed E-state index contributed by atoms with van der Waals surface area (Å²) in [6.07, 6.45) is 5.19. The molecular weight excluding hydrogens is 182 g/mol. The number of carbonyl (C=O) groups excluding carboxylic acids is 2. The number of esters is 1. The molecule has 1 rings (SSSR count). The van der Waals surface area contributed by atoms with Gasteiger partial charge in [-0.1, -0.05) is 6.08 Å². The summed E-state index contributed by atoms with van der Waals surface area (Å²) in [6.45, 7) is 2.83. The predicted molar refractivity (Wildman–Crippen MR) is 51.5 cm³/mol. The lowest BCUT2D eigenvalue weighted by Crippen LogP contribution is -2.44. The zero-order valence-corrected chi connectivity index (χ0v) is 8.45. The fraction of sp³-hybridized carbons (Fsp3) is 0.600. The smallest absolute Gasteiger partial charge is 0.303 e. The quantitative estimate of drug-likeness (QED) is 0.525. The minimum atomic E-state index is -0.322. The van der Waals surface area contributed by atoms with E-state index in [4.69, 9.17) is 4.74 Å². The molecule has 0 aromatic heterocycles. The molecule has 0 aromatic rings. The van der Waals surface area contributed by atoms with E-state index < -0.39 is 0 Å². The van der Waals surface area contributed by atoms with E-state index in [0.29, 0.717) is 0 Å². The Morgan fingerprint density at radius 1 is 1.43 bits per heavy atom. The van der Waals surface area contributed by atoms with Gasteiger partial charge in [-0.2, -0.15) is 0 Å². The average molecular weight is 197 g/mol. The summed E-state index contributed by atoms with van der Waals surface area (Å²) in [6, 6.07) is -0.0820. The second kappa shape index (κ2) is 4.79. The first kappa shape index (κ1) is 10.8. The number of allylic oxidation sites excluding steroid dienone is 1. The van der Waals surface area contributed by atoms with Crippen LogP contribution in [0.15, 0.2) is 12.2 Å². The van der Waals surface area contributed by atoms with Crippen molar-refractivity contribution in [2.75, 3.05) is 0 Å². The lowest BCUT2D eigenvalue weighted by molar-refractivity contribution is -0.146. The van der Waals surface area contributed by atoms with Crippen LogP contribution in [0.2, 0.25) is 0 Å². The van der Waals surface area contributed by atoms with Gasteiger partial charge in [-0.25, -0.2) is 0 Å². The third-order valence-corrected chi connectivity index (χ3v) is 2.06. The van der Waals surface area contributed by atoms with Crippen LogP contribution in [-0.4, -0.2) is 24.0 Å². The number of nitrogens with one attached hydrogen (secondary N) is 1. The second-order valence-corrected chi connectivity index (χ2v) is 3.39. The van der Waals surface area contributed by atoms with Crippen molar-refractivity contribution in [3.8, 4) is 0 Å². The fourth-order valence-electron chi connectivity index (χ4n) is 1.53. The van der Waals surface area contributed by atoms with Gasteiger partial charge in [-0.05, 0) is 18.9 Å². The Kier molecular flexibility index (Phi) is 3.68. The highest BCUT2D eigenvalue weighted by Gasteiger charge is 2.24. The molecule has 2 atom stereocenters.